The molecule has 14 heavy (non-hydrogen) atoms. The van der Waals surface area contributed by atoms with Crippen LogP contribution in [0.25, 0.3) is 0 Å². The molecule has 0 N–H and O–H groups in total. The van der Waals surface area contributed by atoms with Crippen molar-refractivity contribution in [3.63, 3.8) is 0 Å². The third-order valence-corrected chi connectivity index (χ3v) is 2.80. The third-order valence-electron chi connectivity index (χ3n) is 2.26. The SMILES string of the molecule is Cc1oc(CC(C)C)c(CCl)c1CCl. The number of rotatable bonds is 4. The Kier molecular flexibility index (Phi) is 4.33. The van der Waals surface area contributed by atoms with Gasteiger partial charge >= 0.3 is 0 Å². The molecule has 80 valence electrons. The Hall–Kier alpha value is -0.140. The van der Waals surface area contributed by atoms with Gasteiger partial charge in [-0.05, 0) is 12.8 Å². The minimum atomic E-state index is 0.482. The molecule has 0 fully saturated rings. The van der Waals surface area contributed by atoms with Crippen LogP contribution in [0.1, 0.15) is 36.5 Å². The van der Waals surface area contributed by atoms with Gasteiger partial charge in [-0.1, -0.05) is 13.8 Å². The lowest BCUT2D eigenvalue weighted by Crippen LogP contribution is -1.96. The van der Waals surface area contributed by atoms with Crippen LogP contribution in [0.15, 0.2) is 4.42 Å². The van der Waals surface area contributed by atoms with Crippen LogP contribution in [0.3, 0.4) is 0 Å². The number of aryl methyl sites for hydroxylation is 1. The summed E-state index contributed by atoms with van der Waals surface area (Å²) in [6.07, 6.45) is 0.930. The van der Waals surface area contributed by atoms with Crippen LogP contribution < -0.4 is 0 Å². The Morgan fingerprint density at radius 1 is 1.14 bits per heavy atom. The summed E-state index contributed by atoms with van der Waals surface area (Å²) in [5.41, 5.74) is 2.16. The molecule has 0 saturated heterocycles. The van der Waals surface area contributed by atoms with E-state index in [2.05, 4.69) is 13.8 Å². The quantitative estimate of drug-likeness (QED) is 0.710. The lowest BCUT2D eigenvalue weighted by Gasteiger charge is -2.03. The number of hydrogen-bond acceptors (Lipinski definition) is 1. The lowest BCUT2D eigenvalue weighted by atomic mass is 10.0. The van der Waals surface area contributed by atoms with Gasteiger partial charge in [-0.2, -0.15) is 0 Å². The van der Waals surface area contributed by atoms with E-state index >= 15 is 0 Å². The molecule has 0 spiro atoms. The minimum absolute atomic E-state index is 0.482. The molecule has 0 unspecified atom stereocenters. The van der Waals surface area contributed by atoms with Crippen molar-refractivity contribution in [1.82, 2.24) is 0 Å². The molecule has 0 amide bonds. The van der Waals surface area contributed by atoms with Gasteiger partial charge in [-0.15, -0.1) is 23.2 Å². The molecule has 3 heteroatoms. The van der Waals surface area contributed by atoms with E-state index in [0.717, 1.165) is 29.1 Å². The Morgan fingerprint density at radius 3 is 2.14 bits per heavy atom. The fourth-order valence-corrected chi connectivity index (χ4v) is 2.21. The first-order valence-electron chi connectivity index (χ1n) is 4.82. The summed E-state index contributed by atoms with van der Waals surface area (Å²) in [6, 6.07) is 0. The molecule has 0 aliphatic rings. The second-order valence-electron chi connectivity index (χ2n) is 3.90. The highest BCUT2D eigenvalue weighted by molar-refractivity contribution is 6.18. The fraction of sp³-hybridized carbons (Fsp3) is 0.636. The number of halogens is 2. The van der Waals surface area contributed by atoms with Gasteiger partial charge in [-0.25, -0.2) is 0 Å². The standard InChI is InChI=1S/C11H16Cl2O/c1-7(2)4-11-10(6-13)9(5-12)8(3)14-11/h7H,4-6H2,1-3H3. The van der Waals surface area contributed by atoms with Crippen molar-refractivity contribution in [3.05, 3.63) is 22.6 Å². The molecule has 1 rings (SSSR count). The second-order valence-corrected chi connectivity index (χ2v) is 4.44. The van der Waals surface area contributed by atoms with Crippen molar-refractivity contribution in [2.75, 3.05) is 0 Å². The van der Waals surface area contributed by atoms with Crippen LogP contribution in [0.4, 0.5) is 0 Å². The summed E-state index contributed by atoms with van der Waals surface area (Å²) >= 11 is 11.7. The summed E-state index contributed by atoms with van der Waals surface area (Å²) in [4.78, 5) is 0. The van der Waals surface area contributed by atoms with E-state index in [1.165, 1.54) is 0 Å². The maximum Gasteiger partial charge on any atom is 0.109 e. The molecule has 0 aliphatic heterocycles. The van der Waals surface area contributed by atoms with E-state index in [1.54, 1.807) is 0 Å². The summed E-state index contributed by atoms with van der Waals surface area (Å²) in [7, 11) is 0. The normalized spacial score (nSPS) is 11.3. The van der Waals surface area contributed by atoms with Gasteiger partial charge in [0.15, 0.2) is 0 Å². The zero-order valence-electron chi connectivity index (χ0n) is 8.86. The Balaban J connectivity index is 3.04. The van der Waals surface area contributed by atoms with E-state index in [-0.39, 0.29) is 0 Å². The smallest absolute Gasteiger partial charge is 0.109 e. The lowest BCUT2D eigenvalue weighted by molar-refractivity contribution is 0.449. The molecule has 0 saturated carbocycles. The first-order valence-corrected chi connectivity index (χ1v) is 5.89. The minimum Gasteiger partial charge on any atom is -0.466 e. The molecule has 0 aromatic carbocycles. The van der Waals surface area contributed by atoms with Gasteiger partial charge in [0.1, 0.15) is 11.5 Å². The van der Waals surface area contributed by atoms with Crippen LogP contribution >= 0.6 is 23.2 Å². The molecule has 0 radical (unpaired) electrons. The van der Waals surface area contributed by atoms with Gasteiger partial charge in [0.2, 0.25) is 0 Å². The largest absolute Gasteiger partial charge is 0.466 e. The van der Waals surface area contributed by atoms with Crippen molar-refractivity contribution in [2.24, 2.45) is 5.92 Å². The number of furan rings is 1. The van der Waals surface area contributed by atoms with Crippen LogP contribution in [-0.4, -0.2) is 0 Å². The predicted octanol–water partition coefficient (Wildman–Crippen LogP) is 4.26. The molecule has 1 aromatic heterocycles. The Labute approximate surface area is 95.4 Å². The maximum absolute atomic E-state index is 5.89. The Morgan fingerprint density at radius 2 is 1.71 bits per heavy atom. The molecular weight excluding hydrogens is 219 g/mol. The highest BCUT2D eigenvalue weighted by atomic mass is 35.5. The van der Waals surface area contributed by atoms with Gasteiger partial charge < -0.3 is 4.42 Å². The summed E-state index contributed by atoms with van der Waals surface area (Å²) in [6.45, 7) is 6.27. The average molecular weight is 235 g/mol. The van der Waals surface area contributed by atoms with Crippen molar-refractivity contribution in [2.45, 2.75) is 39.0 Å². The van der Waals surface area contributed by atoms with Gasteiger partial charge in [0.25, 0.3) is 0 Å². The molecule has 0 bridgehead atoms. The van der Waals surface area contributed by atoms with Crippen molar-refractivity contribution >= 4 is 23.2 Å². The van der Waals surface area contributed by atoms with E-state index < -0.39 is 0 Å². The molecule has 1 nitrogen and oxygen atoms in total. The summed E-state index contributed by atoms with van der Waals surface area (Å²) < 4.78 is 5.67. The van der Waals surface area contributed by atoms with Crippen LogP contribution in [0.5, 0.6) is 0 Å². The topological polar surface area (TPSA) is 13.1 Å². The summed E-state index contributed by atoms with van der Waals surface area (Å²) in [5, 5.41) is 0. The highest BCUT2D eigenvalue weighted by Crippen LogP contribution is 2.27. The van der Waals surface area contributed by atoms with E-state index in [1.807, 2.05) is 6.92 Å². The van der Waals surface area contributed by atoms with E-state index in [4.69, 9.17) is 27.6 Å². The second kappa shape index (κ2) is 5.09. The van der Waals surface area contributed by atoms with Gasteiger partial charge in [0, 0.05) is 17.5 Å². The predicted molar refractivity (Wildman–Crippen MR) is 61.1 cm³/mol. The number of alkyl halides is 2. The molecule has 0 atom stereocenters. The zero-order chi connectivity index (χ0) is 10.7. The highest BCUT2D eigenvalue weighted by Gasteiger charge is 2.16. The Bertz CT molecular complexity index is 302. The first kappa shape index (κ1) is 11.9. The van der Waals surface area contributed by atoms with Crippen molar-refractivity contribution in [3.8, 4) is 0 Å². The van der Waals surface area contributed by atoms with Crippen LogP contribution in [0.2, 0.25) is 0 Å². The van der Waals surface area contributed by atoms with Crippen LogP contribution in [0, 0.1) is 12.8 Å². The van der Waals surface area contributed by atoms with Crippen molar-refractivity contribution < 1.29 is 4.42 Å². The molecule has 0 aliphatic carbocycles. The molecular formula is C11H16Cl2O. The molecule has 1 aromatic rings. The van der Waals surface area contributed by atoms with Gasteiger partial charge in [0.05, 0.1) is 11.8 Å². The van der Waals surface area contributed by atoms with E-state index in [9.17, 15) is 0 Å². The third kappa shape index (κ3) is 2.46. The monoisotopic (exact) mass is 234 g/mol. The zero-order valence-corrected chi connectivity index (χ0v) is 10.4. The molecule has 1 heterocycles. The average Bonchev–Trinajstić information content (AvgIpc) is 2.39. The summed E-state index contributed by atoms with van der Waals surface area (Å²) in [5.74, 6) is 3.46. The first-order chi connectivity index (χ1) is 6.60. The number of hydrogen-bond donors (Lipinski definition) is 0. The van der Waals surface area contributed by atoms with Crippen molar-refractivity contribution in [1.29, 1.82) is 0 Å². The van der Waals surface area contributed by atoms with Gasteiger partial charge in [-0.3, -0.25) is 0 Å². The van der Waals surface area contributed by atoms with E-state index in [0.29, 0.717) is 17.7 Å². The fourth-order valence-electron chi connectivity index (χ4n) is 1.55. The maximum atomic E-state index is 5.89. The van der Waals surface area contributed by atoms with Crippen LogP contribution in [-0.2, 0) is 18.2 Å².